The molecule has 0 amide bonds. The predicted molar refractivity (Wildman–Crippen MR) is 125 cm³/mol. The van der Waals surface area contributed by atoms with Gasteiger partial charge < -0.3 is 4.74 Å². The summed E-state index contributed by atoms with van der Waals surface area (Å²) in [5.74, 6) is 2.06. The molecular weight excluding hydrogens is 437 g/mol. The van der Waals surface area contributed by atoms with Crippen molar-refractivity contribution in [3.8, 4) is 5.75 Å². The Bertz CT molecular complexity index is 1190. The number of benzene rings is 3. The molecule has 0 aliphatic heterocycles. The van der Waals surface area contributed by atoms with Crippen molar-refractivity contribution in [2.45, 2.75) is 24.1 Å². The van der Waals surface area contributed by atoms with Gasteiger partial charge in [0.05, 0.1) is 5.02 Å². The van der Waals surface area contributed by atoms with Gasteiger partial charge in [0.1, 0.15) is 12.4 Å². The number of thioether (sulfide) groups is 1. The van der Waals surface area contributed by atoms with Crippen LogP contribution >= 0.6 is 35.0 Å². The molecule has 4 nitrogen and oxygen atoms in total. The fourth-order valence-electron chi connectivity index (χ4n) is 3.14. The highest BCUT2D eigenvalue weighted by atomic mass is 35.5. The molecule has 0 N–H and O–H groups in total. The number of rotatable bonds is 8. The zero-order valence-electron chi connectivity index (χ0n) is 16.1. The fraction of sp³-hybridized carbons (Fsp3) is 0.130. The van der Waals surface area contributed by atoms with E-state index < -0.39 is 0 Å². The summed E-state index contributed by atoms with van der Waals surface area (Å²) in [6, 6.07) is 19.9. The quantitative estimate of drug-likeness (QED) is 0.216. The number of hydrogen-bond donors (Lipinski definition) is 0. The third-order valence-electron chi connectivity index (χ3n) is 4.59. The fourth-order valence-corrected chi connectivity index (χ4v) is 4.57. The van der Waals surface area contributed by atoms with Gasteiger partial charge in [0.15, 0.2) is 11.0 Å². The average molecular weight is 456 g/mol. The molecule has 0 fully saturated rings. The lowest BCUT2D eigenvalue weighted by Gasteiger charge is -2.11. The topological polar surface area (TPSA) is 39.9 Å². The Morgan fingerprint density at radius 2 is 1.87 bits per heavy atom. The van der Waals surface area contributed by atoms with E-state index in [-0.39, 0.29) is 6.61 Å². The van der Waals surface area contributed by atoms with Crippen LogP contribution in [0, 0.1) is 0 Å². The van der Waals surface area contributed by atoms with Crippen molar-refractivity contribution in [1.82, 2.24) is 14.8 Å². The Kier molecular flexibility index (Phi) is 6.62. The van der Waals surface area contributed by atoms with Crippen LogP contribution in [0.15, 0.2) is 78.5 Å². The van der Waals surface area contributed by atoms with Crippen molar-refractivity contribution in [3.63, 3.8) is 0 Å². The zero-order valence-corrected chi connectivity index (χ0v) is 18.4. The first-order valence-electron chi connectivity index (χ1n) is 9.36. The lowest BCUT2D eigenvalue weighted by atomic mass is 10.1. The maximum atomic E-state index is 6.19. The average Bonchev–Trinajstić information content (AvgIpc) is 3.13. The molecule has 0 aliphatic rings. The van der Waals surface area contributed by atoms with Crippen LogP contribution in [0.25, 0.3) is 10.8 Å². The molecule has 0 radical (unpaired) electrons. The molecule has 1 heterocycles. The van der Waals surface area contributed by atoms with Crippen LogP contribution in [0.3, 0.4) is 0 Å². The second-order valence-corrected chi connectivity index (χ2v) is 8.37. The van der Waals surface area contributed by atoms with Crippen molar-refractivity contribution in [2.75, 3.05) is 0 Å². The number of aromatic nitrogens is 3. The van der Waals surface area contributed by atoms with E-state index in [0.29, 0.717) is 28.2 Å². The Labute approximate surface area is 189 Å². The van der Waals surface area contributed by atoms with Crippen molar-refractivity contribution in [1.29, 1.82) is 0 Å². The SMILES string of the molecule is C=CCn1c(COc2ccc(Cl)cc2Cl)nnc1SCc1cccc2ccccc12. The van der Waals surface area contributed by atoms with E-state index in [0.717, 1.165) is 10.9 Å². The van der Waals surface area contributed by atoms with Crippen LogP contribution in [0.4, 0.5) is 0 Å². The molecule has 0 atom stereocenters. The first-order chi connectivity index (χ1) is 14.7. The van der Waals surface area contributed by atoms with E-state index in [1.165, 1.54) is 16.3 Å². The van der Waals surface area contributed by atoms with E-state index in [9.17, 15) is 0 Å². The normalized spacial score (nSPS) is 11.0. The van der Waals surface area contributed by atoms with Crippen molar-refractivity contribution >= 4 is 45.7 Å². The molecule has 1 aromatic heterocycles. The Morgan fingerprint density at radius 1 is 1.03 bits per heavy atom. The summed E-state index contributed by atoms with van der Waals surface area (Å²) in [6.45, 7) is 4.70. The highest BCUT2D eigenvalue weighted by Crippen LogP contribution is 2.29. The van der Waals surface area contributed by atoms with Gasteiger partial charge in [0.25, 0.3) is 0 Å². The monoisotopic (exact) mass is 455 g/mol. The smallest absolute Gasteiger partial charge is 0.191 e. The summed E-state index contributed by atoms with van der Waals surface area (Å²) in [7, 11) is 0. The molecule has 30 heavy (non-hydrogen) atoms. The van der Waals surface area contributed by atoms with Gasteiger partial charge in [-0.25, -0.2) is 0 Å². The van der Waals surface area contributed by atoms with Gasteiger partial charge in [-0.1, -0.05) is 83.5 Å². The second kappa shape index (κ2) is 9.56. The predicted octanol–water partition coefficient (Wildman–Crippen LogP) is 6.80. The Hall–Kier alpha value is -2.47. The molecule has 152 valence electrons. The van der Waals surface area contributed by atoms with Crippen LogP contribution in [0.2, 0.25) is 10.0 Å². The van der Waals surface area contributed by atoms with E-state index in [1.807, 2.05) is 10.6 Å². The molecule has 0 bridgehead atoms. The number of ether oxygens (including phenoxy) is 1. The molecule has 0 spiro atoms. The van der Waals surface area contributed by atoms with Crippen LogP contribution in [0.1, 0.15) is 11.4 Å². The maximum absolute atomic E-state index is 6.19. The molecule has 3 aromatic carbocycles. The van der Waals surface area contributed by atoms with Crippen molar-refractivity contribution in [3.05, 3.63) is 94.8 Å². The maximum Gasteiger partial charge on any atom is 0.191 e. The third kappa shape index (κ3) is 4.64. The van der Waals surface area contributed by atoms with Gasteiger partial charge in [0, 0.05) is 17.3 Å². The van der Waals surface area contributed by atoms with Crippen molar-refractivity contribution in [2.24, 2.45) is 0 Å². The standard InChI is InChI=1S/C23H19Cl2N3OS/c1-2-12-28-22(14-29-21-11-10-18(24)13-20(21)25)26-27-23(28)30-15-17-8-5-7-16-6-3-4-9-19(16)17/h2-11,13H,1,12,14-15H2. The van der Waals surface area contributed by atoms with Gasteiger partial charge in [-0.15, -0.1) is 16.8 Å². The minimum absolute atomic E-state index is 0.247. The summed E-state index contributed by atoms with van der Waals surface area (Å²) < 4.78 is 7.85. The largest absolute Gasteiger partial charge is 0.484 e. The van der Waals surface area contributed by atoms with Gasteiger partial charge in [0.2, 0.25) is 0 Å². The first-order valence-corrected chi connectivity index (χ1v) is 11.1. The molecule has 0 unspecified atom stereocenters. The van der Waals surface area contributed by atoms with E-state index >= 15 is 0 Å². The first kappa shape index (κ1) is 20.8. The second-order valence-electron chi connectivity index (χ2n) is 6.59. The number of halogens is 2. The molecular formula is C23H19Cl2N3OS. The van der Waals surface area contributed by atoms with Crippen LogP contribution in [0.5, 0.6) is 5.75 Å². The molecule has 7 heteroatoms. The zero-order chi connectivity index (χ0) is 20.9. The highest BCUT2D eigenvalue weighted by Gasteiger charge is 2.14. The Morgan fingerprint density at radius 3 is 2.70 bits per heavy atom. The summed E-state index contributed by atoms with van der Waals surface area (Å²) >= 11 is 13.8. The molecule has 4 aromatic rings. The van der Waals surface area contributed by atoms with E-state index in [2.05, 4.69) is 59.2 Å². The van der Waals surface area contributed by atoms with E-state index in [1.54, 1.807) is 30.0 Å². The summed E-state index contributed by atoms with van der Waals surface area (Å²) in [6.07, 6.45) is 1.82. The molecule has 0 saturated carbocycles. The van der Waals surface area contributed by atoms with Crippen LogP contribution in [-0.4, -0.2) is 14.8 Å². The highest BCUT2D eigenvalue weighted by molar-refractivity contribution is 7.98. The lowest BCUT2D eigenvalue weighted by Crippen LogP contribution is -2.07. The number of nitrogens with zero attached hydrogens (tertiary/aromatic N) is 3. The molecule has 4 rings (SSSR count). The van der Waals surface area contributed by atoms with Crippen LogP contribution < -0.4 is 4.74 Å². The van der Waals surface area contributed by atoms with E-state index in [4.69, 9.17) is 27.9 Å². The minimum atomic E-state index is 0.247. The van der Waals surface area contributed by atoms with Gasteiger partial charge in [-0.2, -0.15) is 0 Å². The van der Waals surface area contributed by atoms with Gasteiger partial charge in [-0.05, 0) is 34.5 Å². The lowest BCUT2D eigenvalue weighted by molar-refractivity contribution is 0.289. The summed E-state index contributed by atoms with van der Waals surface area (Å²) in [5.41, 5.74) is 1.26. The minimum Gasteiger partial charge on any atom is -0.484 e. The number of fused-ring (bicyclic) bond motifs is 1. The molecule has 0 saturated heterocycles. The van der Waals surface area contributed by atoms with Gasteiger partial charge >= 0.3 is 0 Å². The Balaban J connectivity index is 1.51. The molecule has 0 aliphatic carbocycles. The number of allylic oxidation sites excluding steroid dienone is 1. The number of hydrogen-bond acceptors (Lipinski definition) is 4. The van der Waals surface area contributed by atoms with Crippen molar-refractivity contribution < 1.29 is 4.74 Å². The summed E-state index contributed by atoms with van der Waals surface area (Å²) in [4.78, 5) is 0. The third-order valence-corrected chi connectivity index (χ3v) is 6.14. The van der Waals surface area contributed by atoms with Gasteiger partial charge in [-0.3, -0.25) is 4.57 Å². The van der Waals surface area contributed by atoms with Crippen LogP contribution in [-0.2, 0) is 18.9 Å². The summed E-state index contributed by atoms with van der Waals surface area (Å²) in [5, 5.41) is 13.0.